The molecule has 1 aliphatic heterocycles. The molecule has 1 fully saturated rings. The highest BCUT2D eigenvalue weighted by molar-refractivity contribution is 6.34. The Morgan fingerprint density at radius 3 is 2.59 bits per heavy atom. The van der Waals surface area contributed by atoms with Crippen LogP contribution in [-0.4, -0.2) is 41.0 Å². The van der Waals surface area contributed by atoms with Crippen molar-refractivity contribution in [2.45, 2.75) is 62.8 Å². The van der Waals surface area contributed by atoms with E-state index in [1.807, 2.05) is 24.3 Å². The summed E-state index contributed by atoms with van der Waals surface area (Å²) >= 11 is 12.0. The molecule has 1 aliphatic carbocycles. The lowest BCUT2D eigenvalue weighted by Crippen LogP contribution is -2.49. The third kappa shape index (κ3) is 6.09. The topological polar surface area (TPSA) is 108 Å². The van der Waals surface area contributed by atoms with Gasteiger partial charge < -0.3 is 21.1 Å². The number of aliphatic hydroxyl groups excluding tert-OH is 1. The summed E-state index contributed by atoms with van der Waals surface area (Å²) in [5, 5.41) is 20.2. The van der Waals surface area contributed by atoms with E-state index in [0.717, 1.165) is 24.0 Å². The Balaban J connectivity index is 1.41. The summed E-state index contributed by atoms with van der Waals surface area (Å²) in [6.07, 6.45) is 1.50. The van der Waals surface area contributed by atoms with E-state index in [2.05, 4.69) is 16.0 Å². The second-order valence-electron chi connectivity index (χ2n) is 8.92. The second-order valence-corrected chi connectivity index (χ2v) is 9.79. The van der Waals surface area contributed by atoms with Crippen molar-refractivity contribution in [2.75, 3.05) is 0 Å². The van der Waals surface area contributed by atoms with Crippen molar-refractivity contribution in [2.24, 2.45) is 0 Å². The smallest absolute Gasteiger partial charge is 0.249 e. The summed E-state index contributed by atoms with van der Waals surface area (Å²) in [5.74, 6) is -0.759. The summed E-state index contributed by atoms with van der Waals surface area (Å²) in [4.78, 5) is 37.3. The van der Waals surface area contributed by atoms with E-state index in [-0.39, 0.29) is 30.7 Å². The highest BCUT2D eigenvalue weighted by Crippen LogP contribution is 2.32. The zero-order valence-corrected chi connectivity index (χ0v) is 20.0. The van der Waals surface area contributed by atoms with Crippen molar-refractivity contribution in [1.29, 1.82) is 0 Å². The molecular formula is C25H27Cl2N3O4. The molecule has 0 bridgehead atoms. The molecule has 0 radical (unpaired) electrons. The summed E-state index contributed by atoms with van der Waals surface area (Å²) in [5.41, 5.74) is 2.61. The van der Waals surface area contributed by atoms with Gasteiger partial charge in [-0.2, -0.15) is 0 Å². The van der Waals surface area contributed by atoms with Crippen molar-refractivity contribution in [3.05, 3.63) is 69.2 Å². The lowest BCUT2D eigenvalue weighted by atomic mass is 10.0. The highest BCUT2D eigenvalue weighted by Gasteiger charge is 2.36. The first-order valence-electron chi connectivity index (χ1n) is 11.4. The van der Waals surface area contributed by atoms with E-state index < -0.39 is 24.1 Å². The van der Waals surface area contributed by atoms with E-state index in [1.165, 1.54) is 0 Å². The number of benzene rings is 2. The molecule has 2 aromatic carbocycles. The van der Waals surface area contributed by atoms with Gasteiger partial charge in [0.05, 0.1) is 12.1 Å². The van der Waals surface area contributed by atoms with Gasteiger partial charge in [0, 0.05) is 35.3 Å². The molecule has 3 amide bonds. The number of carbonyl (C=O) groups is 3. The zero-order valence-electron chi connectivity index (χ0n) is 18.5. The van der Waals surface area contributed by atoms with Gasteiger partial charge in [-0.3, -0.25) is 14.4 Å². The maximum absolute atomic E-state index is 12.8. The van der Waals surface area contributed by atoms with Gasteiger partial charge in [-0.1, -0.05) is 47.5 Å². The first-order valence-corrected chi connectivity index (χ1v) is 12.1. The third-order valence-corrected chi connectivity index (χ3v) is 6.72. The maximum Gasteiger partial charge on any atom is 0.249 e. The van der Waals surface area contributed by atoms with Crippen LogP contribution in [0.5, 0.6) is 0 Å². The first-order chi connectivity index (χ1) is 16.3. The normalized spacial score (nSPS) is 22.4. The van der Waals surface area contributed by atoms with Gasteiger partial charge >= 0.3 is 0 Å². The van der Waals surface area contributed by atoms with Crippen LogP contribution in [0.2, 0.25) is 10.0 Å². The monoisotopic (exact) mass is 503 g/mol. The number of nitrogens with one attached hydrogen (secondary N) is 3. The Kier molecular flexibility index (Phi) is 7.76. The molecule has 34 heavy (non-hydrogen) atoms. The Bertz CT molecular complexity index is 1070. The number of piperidine rings is 1. The molecule has 0 spiro atoms. The van der Waals surface area contributed by atoms with Crippen molar-refractivity contribution in [1.82, 2.24) is 16.0 Å². The second kappa shape index (κ2) is 10.8. The zero-order chi connectivity index (χ0) is 24.2. The molecule has 7 nitrogen and oxygen atoms in total. The van der Waals surface area contributed by atoms with Crippen molar-refractivity contribution < 1.29 is 19.5 Å². The number of aliphatic hydroxyl groups is 1. The van der Waals surface area contributed by atoms with Crippen LogP contribution in [0.3, 0.4) is 0 Å². The van der Waals surface area contributed by atoms with Crippen LogP contribution in [0, 0.1) is 0 Å². The molecule has 180 valence electrons. The molecule has 1 saturated heterocycles. The predicted octanol–water partition coefficient (Wildman–Crippen LogP) is 2.85. The Labute approximate surface area is 208 Å². The number of hydrogen-bond acceptors (Lipinski definition) is 4. The van der Waals surface area contributed by atoms with Crippen LogP contribution in [0.15, 0.2) is 42.5 Å². The molecule has 4 rings (SSSR count). The van der Waals surface area contributed by atoms with Crippen LogP contribution in [-0.2, 0) is 27.2 Å². The molecule has 1 heterocycles. The molecule has 9 heteroatoms. The average Bonchev–Trinajstić information content (AvgIpc) is 3.09. The molecule has 2 unspecified atom stereocenters. The summed E-state index contributed by atoms with van der Waals surface area (Å²) in [7, 11) is 0. The first kappa shape index (κ1) is 24.5. The molecule has 2 aliphatic rings. The molecule has 4 atom stereocenters. The van der Waals surface area contributed by atoms with Gasteiger partial charge in [-0.15, -0.1) is 0 Å². The lowest BCUT2D eigenvalue weighted by Gasteiger charge is -2.27. The fourth-order valence-electron chi connectivity index (χ4n) is 4.72. The van der Waals surface area contributed by atoms with Gasteiger partial charge in [0.15, 0.2) is 0 Å². The Morgan fingerprint density at radius 2 is 1.85 bits per heavy atom. The predicted molar refractivity (Wildman–Crippen MR) is 130 cm³/mol. The van der Waals surface area contributed by atoms with E-state index in [9.17, 15) is 19.5 Å². The lowest BCUT2D eigenvalue weighted by molar-refractivity contribution is -0.131. The summed E-state index contributed by atoms with van der Waals surface area (Å²) < 4.78 is 0. The van der Waals surface area contributed by atoms with Crippen LogP contribution in [0.4, 0.5) is 0 Å². The SMILES string of the molecule is O=C1CCCC(CC(=O)N[C@@H]2c3ccccc3C[C@H]2NC(=O)C(O)Cc2cc(Cl)cc(Cl)c2)N1. The quantitative estimate of drug-likeness (QED) is 0.465. The van der Waals surface area contributed by atoms with E-state index in [0.29, 0.717) is 28.5 Å². The van der Waals surface area contributed by atoms with Gasteiger partial charge in [-0.25, -0.2) is 0 Å². The number of amides is 3. The standard InChI is InChI=1S/C25H27Cl2N3O4/c26-16-8-14(9-17(27)12-16)10-21(31)25(34)29-20-11-15-4-1-2-6-19(15)24(20)30-23(33)13-18-5-3-7-22(32)28-18/h1-2,4,6,8-9,12,18,20-21,24,31H,3,5,7,10-11,13H2,(H,28,32)(H,29,34)(H,30,33)/t18?,20-,21?,24-/m1/s1. The van der Waals surface area contributed by atoms with Crippen LogP contribution in [0.25, 0.3) is 0 Å². The van der Waals surface area contributed by atoms with Gasteiger partial charge in [0.1, 0.15) is 6.10 Å². The van der Waals surface area contributed by atoms with E-state index in [1.54, 1.807) is 18.2 Å². The van der Waals surface area contributed by atoms with Crippen molar-refractivity contribution in [3.8, 4) is 0 Å². The molecular weight excluding hydrogens is 477 g/mol. The van der Waals surface area contributed by atoms with Crippen LogP contribution in [0.1, 0.15) is 48.4 Å². The van der Waals surface area contributed by atoms with Gasteiger partial charge in [0.2, 0.25) is 17.7 Å². The highest BCUT2D eigenvalue weighted by atomic mass is 35.5. The summed E-state index contributed by atoms with van der Waals surface area (Å²) in [6.45, 7) is 0. The molecule has 2 aromatic rings. The average molecular weight is 504 g/mol. The molecule has 0 saturated carbocycles. The number of halogens is 2. The number of rotatable bonds is 7. The fourth-order valence-corrected chi connectivity index (χ4v) is 5.29. The minimum atomic E-state index is -1.30. The Morgan fingerprint density at radius 1 is 1.12 bits per heavy atom. The maximum atomic E-state index is 12.8. The van der Waals surface area contributed by atoms with Crippen LogP contribution < -0.4 is 16.0 Å². The largest absolute Gasteiger partial charge is 0.383 e. The summed E-state index contributed by atoms with van der Waals surface area (Å²) in [6, 6.07) is 11.6. The van der Waals surface area contributed by atoms with Crippen LogP contribution >= 0.6 is 23.2 Å². The molecule has 0 aromatic heterocycles. The number of hydrogen-bond donors (Lipinski definition) is 4. The van der Waals surface area contributed by atoms with E-state index in [4.69, 9.17) is 23.2 Å². The van der Waals surface area contributed by atoms with Gasteiger partial charge in [-0.05, 0) is 54.2 Å². The number of carbonyl (C=O) groups excluding carboxylic acids is 3. The Hall–Kier alpha value is -2.61. The minimum absolute atomic E-state index is 0.0321. The molecule has 4 N–H and O–H groups in total. The van der Waals surface area contributed by atoms with Crippen molar-refractivity contribution in [3.63, 3.8) is 0 Å². The van der Waals surface area contributed by atoms with E-state index >= 15 is 0 Å². The minimum Gasteiger partial charge on any atom is -0.383 e. The third-order valence-electron chi connectivity index (χ3n) is 6.28. The fraction of sp³-hybridized carbons (Fsp3) is 0.400. The van der Waals surface area contributed by atoms with Gasteiger partial charge in [0.25, 0.3) is 0 Å². The number of fused-ring (bicyclic) bond motifs is 1. The van der Waals surface area contributed by atoms with Crippen molar-refractivity contribution >= 4 is 40.9 Å².